The maximum Gasteiger partial charge on any atom is 0.137 e. The van der Waals surface area contributed by atoms with Crippen LogP contribution in [0.4, 0.5) is 0 Å². The van der Waals surface area contributed by atoms with Gasteiger partial charge in [0.05, 0.1) is 0 Å². The summed E-state index contributed by atoms with van der Waals surface area (Å²) in [6.45, 7) is 0. The highest BCUT2D eigenvalue weighted by Gasteiger charge is 2.05. The van der Waals surface area contributed by atoms with Crippen LogP contribution in [0, 0.1) is 0 Å². The number of unbranched alkanes of at least 4 members (excludes halogenated alkanes) is 3. The van der Waals surface area contributed by atoms with Gasteiger partial charge in [-0.15, -0.1) is 0 Å². The van der Waals surface area contributed by atoms with Crippen molar-refractivity contribution in [3.8, 4) is 0 Å². The molecule has 2 rings (SSSR count). The molecule has 24 heavy (non-hydrogen) atoms. The average Bonchev–Trinajstić information content (AvgIpc) is 2.60. The van der Waals surface area contributed by atoms with Gasteiger partial charge in [-0.2, -0.15) is 0 Å². The lowest BCUT2D eigenvalue weighted by Crippen LogP contribution is -2.03. The van der Waals surface area contributed by atoms with Crippen molar-refractivity contribution in [3.05, 3.63) is 71.8 Å². The molecule has 0 aliphatic heterocycles. The van der Waals surface area contributed by atoms with Crippen LogP contribution in [0.2, 0.25) is 0 Å². The highest BCUT2D eigenvalue weighted by Crippen LogP contribution is 2.10. The van der Waals surface area contributed by atoms with E-state index in [2.05, 4.69) is 0 Å². The van der Waals surface area contributed by atoms with Gasteiger partial charge in [0.25, 0.3) is 0 Å². The van der Waals surface area contributed by atoms with Crippen LogP contribution in [0.25, 0.3) is 0 Å². The zero-order valence-corrected chi connectivity index (χ0v) is 14.2. The molecule has 0 bridgehead atoms. The molecule has 0 fully saturated rings. The van der Waals surface area contributed by atoms with Gasteiger partial charge in [0.2, 0.25) is 0 Å². The van der Waals surface area contributed by atoms with Crippen LogP contribution in [0.5, 0.6) is 0 Å². The monoisotopic (exact) mass is 322 g/mol. The molecule has 0 saturated carbocycles. The molecule has 0 N–H and O–H groups in total. The summed E-state index contributed by atoms with van der Waals surface area (Å²) >= 11 is 0. The van der Waals surface area contributed by atoms with Gasteiger partial charge in [-0.05, 0) is 24.0 Å². The van der Waals surface area contributed by atoms with Crippen LogP contribution in [0.15, 0.2) is 60.7 Å². The van der Waals surface area contributed by atoms with Gasteiger partial charge >= 0.3 is 0 Å². The van der Waals surface area contributed by atoms with Crippen molar-refractivity contribution < 1.29 is 9.59 Å². The van der Waals surface area contributed by atoms with E-state index in [0.29, 0.717) is 37.2 Å². The van der Waals surface area contributed by atoms with Crippen LogP contribution in [-0.2, 0) is 22.4 Å². The maximum atomic E-state index is 11.9. The highest BCUT2D eigenvalue weighted by atomic mass is 16.1. The standard InChI is InChI=1S/C22H26O2/c23-21(17-19-11-5-3-6-12-19)15-9-1-2-10-16-22(24)18-20-13-7-4-8-14-20/h3-8,11-14H,1-2,9-10,15-18H2. The van der Waals surface area contributed by atoms with Crippen molar-refractivity contribution in [2.75, 3.05) is 0 Å². The highest BCUT2D eigenvalue weighted by molar-refractivity contribution is 5.81. The predicted molar refractivity (Wildman–Crippen MR) is 98.0 cm³/mol. The zero-order chi connectivity index (χ0) is 17.0. The minimum absolute atomic E-state index is 0.307. The molecule has 126 valence electrons. The number of Topliss-reactive ketones (excluding diaryl/α,β-unsaturated/α-hetero) is 2. The van der Waals surface area contributed by atoms with Crippen LogP contribution in [-0.4, -0.2) is 11.6 Å². The Morgan fingerprint density at radius 1 is 0.542 bits per heavy atom. The van der Waals surface area contributed by atoms with Crippen molar-refractivity contribution in [2.24, 2.45) is 0 Å². The molecule has 0 amide bonds. The molecule has 0 heterocycles. The molecule has 0 saturated heterocycles. The van der Waals surface area contributed by atoms with Crippen molar-refractivity contribution in [2.45, 2.75) is 51.4 Å². The fourth-order valence-corrected chi connectivity index (χ4v) is 2.82. The summed E-state index contributed by atoms with van der Waals surface area (Å²) in [4.78, 5) is 23.8. The number of carbonyl (C=O) groups excluding carboxylic acids is 2. The first kappa shape index (κ1) is 18.1. The van der Waals surface area contributed by atoms with E-state index in [4.69, 9.17) is 0 Å². The van der Waals surface area contributed by atoms with Crippen LogP contribution in [0.1, 0.15) is 49.7 Å². The summed E-state index contributed by atoms with van der Waals surface area (Å²) in [6.07, 6.45) is 6.28. The predicted octanol–water partition coefficient (Wildman–Crippen LogP) is 4.95. The first-order valence-corrected chi connectivity index (χ1v) is 8.85. The van der Waals surface area contributed by atoms with E-state index in [0.717, 1.165) is 36.8 Å². The molecule has 0 unspecified atom stereocenters. The Hall–Kier alpha value is -2.22. The van der Waals surface area contributed by atoms with Gasteiger partial charge in [0, 0.05) is 25.7 Å². The molecule has 0 atom stereocenters. The molecule has 2 nitrogen and oxygen atoms in total. The Bertz CT molecular complexity index is 559. The van der Waals surface area contributed by atoms with Gasteiger partial charge < -0.3 is 0 Å². The third kappa shape index (κ3) is 7.36. The van der Waals surface area contributed by atoms with Gasteiger partial charge in [0.15, 0.2) is 0 Å². The van der Waals surface area contributed by atoms with Crippen molar-refractivity contribution in [1.29, 1.82) is 0 Å². The van der Waals surface area contributed by atoms with E-state index in [9.17, 15) is 9.59 Å². The van der Waals surface area contributed by atoms with Crippen LogP contribution in [0.3, 0.4) is 0 Å². The zero-order valence-electron chi connectivity index (χ0n) is 14.2. The molecule has 0 radical (unpaired) electrons. The number of hydrogen-bond acceptors (Lipinski definition) is 2. The van der Waals surface area contributed by atoms with Gasteiger partial charge in [-0.25, -0.2) is 0 Å². The first-order chi connectivity index (χ1) is 11.7. The smallest absolute Gasteiger partial charge is 0.137 e. The molecule has 0 aliphatic rings. The van der Waals surface area contributed by atoms with Gasteiger partial charge in [-0.3, -0.25) is 9.59 Å². The maximum absolute atomic E-state index is 11.9. The number of hydrogen-bond donors (Lipinski definition) is 0. The van der Waals surface area contributed by atoms with E-state index >= 15 is 0 Å². The molecule has 2 heteroatoms. The van der Waals surface area contributed by atoms with E-state index in [1.54, 1.807) is 0 Å². The quantitative estimate of drug-likeness (QED) is 0.548. The lowest BCUT2D eigenvalue weighted by atomic mass is 10.0. The summed E-state index contributed by atoms with van der Waals surface area (Å²) < 4.78 is 0. The summed E-state index contributed by atoms with van der Waals surface area (Å²) in [5.74, 6) is 0.614. The lowest BCUT2D eigenvalue weighted by Gasteiger charge is -2.03. The molecule has 2 aromatic rings. The topological polar surface area (TPSA) is 34.1 Å². The molecular weight excluding hydrogens is 296 g/mol. The summed E-state index contributed by atoms with van der Waals surface area (Å²) in [5.41, 5.74) is 2.18. The molecular formula is C22H26O2. The van der Waals surface area contributed by atoms with E-state index < -0.39 is 0 Å². The van der Waals surface area contributed by atoms with Crippen molar-refractivity contribution in [1.82, 2.24) is 0 Å². The van der Waals surface area contributed by atoms with E-state index in [1.807, 2.05) is 60.7 Å². The lowest BCUT2D eigenvalue weighted by molar-refractivity contribution is -0.119. The number of carbonyl (C=O) groups is 2. The average molecular weight is 322 g/mol. The van der Waals surface area contributed by atoms with Gasteiger partial charge in [-0.1, -0.05) is 73.5 Å². The van der Waals surface area contributed by atoms with Crippen molar-refractivity contribution >= 4 is 11.6 Å². The summed E-state index contributed by atoms with van der Waals surface area (Å²) in [7, 11) is 0. The summed E-state index contributed by atoms with van der Waals surface area (Å²) in [5, 5.41) is 0. The molecule has 0 aromatic heterocycles. The third-order valence-electron chi connectivity index (χ3n) is 4.15. The Morgan fingerprint density at radius 3 is 1.29 bits per heavy atom. The molecule has 2 aromatic carbocycles. The van der Waals surface area contributed by atoms with Gasteiger partial charge in [0.1, 0.15) is 11.6 Å². The Kier molecular flexibility index (Phi) is 7.96. The SMILES string of the molecule is O=C(CCCCCCC(=O)Cc1ccccc1)Cc1ccccc1. The fraction of sp³-hybridized carbons (Fsp3) is 0.364. The number of rotatable bonds is 11. The first-order valence-electron chi connectivity index (χ1n) is 8.85. The van der Waals surface area contributed by atoms with Crippen molar-refractivity contribution in [3.63, 3.8) is 0 Å². The molecule has 0 spiro atoms. The largest absolute Gasteiger partial charge is 0.299 e. The second-order valence-electron chi connectivity index (χ2n) is 6.32. The second-order valence-corrected chi connectivity index (χ2v) is 6.32. The Labute approximate surface area is 144 Å². The van der Waals surface area contributed by atoms with E-state index in [-0.39, 0.29) is 0 Å². The number of benzene rings is 2. The number of ketones is 2. The minimum Gasteiger partial charge on any atom is -0.299 e. The van der Waals surface area contributed by atoms with Crippen LogP contribution < -0.4 is 0 Å². The van der Waals surface area contributed by atoms with E-state index in [1.165, 1.54) is 0 Å². The van der Waals surface area contributed by atoms with Crippen LogP contribution >= 0.6 is 0 Å². The minimum atomic E-state index is 0.307. The normalized spacial score (nSPS) is 10.5. The Balaban J connectivity index is 1.50. The summed E-state index contributed by atoms with van der Waals surface area (Å²) in [6, 6.07) is 19.8. The Morgan fingerprint density at radius 2 is 0.917 bits per heavy atom. The molecule has 0 aliphatic carbocycles. The fourth-order valence-electron chi connectivity index (χ4n) is 2.82. The second kappa shape index (κ2) is 10.5. The third-order valence-corrected chi connectivity index (χ3v) is 4.15.